The Morgan fingerprint density at radius 1 is 1.23 bits per heavy atom. The number of nitrogens with zero attached hydrogens (tertiary/aromatic N) is 2. The predicted molar refractivity (Wildman–Crippen MR) is 97.8 cm³/mol. The normalized spacial score (nSPS) is 13.4. The van der Waals surface area contributed by atoms with E-state index >= 15 is 0 Å². The summed E-state index contributed by atoms with van der Waals surface area (Å²) in [5.41, 5.74) is 2.09. The zero-order chi connectivity index (χ0) is 15.5. The molecule has 0 aromatic heterocycles. The lowest BCUT2D eigenvalue weighted by atomic mass is 10.1. The van der Waals surface area contributed by atoms with Gasteiger partial charge in [0.2, 0.25) is 0 Å². The zero-order valence-electron chi connectivity index (χ0n) is 13.6. The van der Waals surface area contributed by atoms with Gasteiger partial charge in [-0.25, -0.2) is 0 Å². The first kappa shape index (κ1) is 20.4. The molecule has 1 aromatic rings. The van der Waals surface area contributed by atoms with Gasteiger partial charge in [0.15, 0.2) is 0 Å². The van der Waals surface area contributed by atoms with Crippen LogP contribution in [0.1, 0.15) is 32.4 Å². The first-order valence-corrected chi connectivity index (χ1v) is 7.49. The van der Waals surface area contributed by atoms with Gasteiger partial charge in [0.05, 0.1) is 12.6 Å². The Morgan fingerprint density at radius 3 is 2.41 bits per heavy atom. The number of benzene rings is 1. The molecule has 122 valence electrons. The van der Waals surface area contributed by atoms with Crippen LogP contribution in [0.25, 0.3) is 0 Å². The fourth-order valence-corrected chi connectivity index (χ4v) is 1.92. The first-order chi connectivity index (χ1) is 10.2. The third kappa shape index (κ3) is 7.43. The van der Waals surface area contributed by atoms with Crippen LogP contribution < -0.4 is 0 Å². The van der Waals surface area contributed by atoms with Crippen molar-refractivity contribution < 1.29 is 5.11 Å². The van der Waals surface area contributed by atoms with Crippen LogP contribution >= 0.6 is 12.4 Å². The summed E-state index contributed by atoms with van der Waals surface area (Å²) in [5.74, 6) is 0. The molecule has 0 fully saturated rings. The molecule has 0 bridgehead atoms. The van der Waals surface area contributed by atoms with Crippen molar-refractivity contribution in [2.75, 3.05) is 19.7 Å². The second-order valence-electron chi connectivity index (χ2n) is 4.86. The topological polar surface area (TPSA) is 35.8 Å². The largest absolute Gasteiger partial charge is 0.394 e. The standard InChI is InChI=1S/C18H26N2O.ClH/c1-4-20(5-2)13-9-10-16(3)14-19-18(15-21)17-11-7-6-8-12-17;/h6-14,18,21H,4-5,15H2,1-3H3;1H/b13-9+,16-10+,19-14?;/t18-;/m0./s1. The minimum absolute atomic E-state index is 0. The molecule has 3 nitrogen and oxygen atoms in total. The Balaban J connectivity index is 0.00000441. The second-order valence-corrected chi connectivity index (χ2v) is 4.86. The molecule has 0 aliphatic rings. The molecule has 0 unspecified atom stereocenters. The summed E-state index contributed by atoms with van der Waals surface area (Å²) in [4.78, 5) is 6.68. The average molecular weight is 323 g/mol. The van der Waals surface area contributed by atoms with Gasteiger partial charge < -0.3 is 10.0 Å². The highest BCUT2D eigenvalue weighted by molar-refractivity contribution is 5.85. The molecule has 0 heterocycles. The van der Waals surface area contributed by atoms with E-state index in [1.807, 2.05) is 55.6 Å². The summed E-state index contributed by atoms with van der Waals surface area (Å²) in [6.07, 6.45) is 7.96. The van der Waals surface area contributed by atoms with Gasteiger partial charge >= 0.3 is 0 Å². The number of aliphatic hydroxyl groups is 1. The molecule has 0 radical (unpaired) electrons. The van der Waals surface area contributed by atoms with Gasteiger partial charge in [-0.05, 0) is 44.2 Å². The molecule has 4 heteroatoms. The summed E-state index contributed by atoms with van der Waals surface area (Å²) >= 11 is 0. The van der Waals surface area contributed by atoms with Gasteiger partial charge in [-0.15, -0.1) is 12.4 Å². The Kier molecular flexibility index (Phi) is 11.2. The maximum absolute atomic E-state index is 9.45. The van der Waals surface area contributed by atoms with Crippen molar-refractivity contribution in [3.63, 3.8) is 0 Å². The summed E-state index contributed by atoms with van der Waals surface area (Å²) in [6.45, 7) is 8.32. The maximum Gasteiger partial charge on any atom is 0.0979 e. The summed E-state index contributed by atoms with van der Waals surface area (Å²) in [5, 5.41) is 9.45. The number of rotatable bonds is 8. The molecule has 1 aromatic carbocycles. The Morgan fingerprint density at radius 2 is 1.86 bits per heavy atom. The van der Waals surface area contributed by atoms with E-state index in [4.69, 9.17) is 0 Å². The minimum atomic E-state index is -0.193. The van der Waals surface area contributed by atoms with Crippen LogP contribution in [0, 0.1) is 0 Å². The molecular weight excluding hydrogens is 296 g/mol. The van der Waals surface area contributed by atoms with E-state index in [0.29, 0.717) is 0 Å². The van der Waals surface area contributed by atoms with Gasteiger partial charge in [0.25, 0.3) is 0 Å². The van der Waals surface area contributed by atoms with Crippen molar-refractivity contribution in [3.05, 3.63) is 59.8 Å². The van der Waals surface area contributed by atoms with Crippen molar-refractivity contribution in [1.82, 2.24) is 4.90 Å². The van der Waals surface area contributed by atoms with Gasteiger partial charge in [-0.1, -0.05) is 36.4 Å². The molecule has 0 saturated heterocycles. The lowest BCUT2D eigenvalue weighted by Gasteiger charge is -2.13. The van der Waals surface area contributed by atoms with E-state index in [2.05, 4.69) is 29.9 Å². The molecule has 0 spiro atoms. The molecule has 0 amide bonds. The molecule has 0 aliphatic heterocycles. The van der Waals surface area contributed by atoms with Crippen LogP contribution in [-0.2, 0) is 0 Å². The number of hydrogen-bond donors (Lipinski definition) is 1. The van der Waals surface area contributed by atoms with E-state index in [0.717, 1.165) is 24.2 Å². The van der Waals surface area contributed by atoms with Crippen molar-refractivity contribution in [3.8, 4) is 0 Å². The molecule has 0 saturated carbocycles. The second kappa shape index (κ2) is 12.0. The molecule has 1 rings (SSSR count). The van der Waals surface area contributed by atoms with Gasteiger partial charge in [0, 0.05) is 19.3 Å². The van der Waals surface area contributed by atoms with Gasteiger partial charge in [-0.3, -0.25) is 4.99 Å². The van der Waals surface area contributed by atoms with Crippen LogP contribution in [0.4, 0.5) is 0 Å². The summed E-state index contributed by atoms with van der Waals surface area (Å²) in [6, 6.07) is 9.66. The van der Waals surface area contributed by atoms with Crippen molar-refractivity contribution in [2.45, 2.75) is 26.8 Å². The predicted octanol–water partition coefficient (Wildman–Crippen LogP) is 4.01. The van der Waals surface area contributed by atoms with E-state index in [1.54, 1.807) is 0 Å². The quantitative estimate of drug-likeness (QED) is 0.579. The van der Waals surface area contributed by atoms with Crippen LogP contribution in [0.5, 0.6) is 0 Å². The van der Waals surface area contributed by atoms with Crippen LogP contribution in [0.15, 0.2) is 59.2 Å². The summed E-state index contributed by atoms with van der Waals surface area (Å²) in [7, 11) is 0. The highest BCUT2D eigenvalue weighted by Gasteiger charge is 2.06. The van der Waals surface area contributed by atoms with E-state index < -0.39 is 0 Å². The first-order valence-electron chi connectivity index (χ1n) is 7.49. The van der Waals surface area contributed by atoms with Crippen LogP contribution in [0.3, 0.4) is 0 Å². The zero-order valence-corrected chi connectivity index (χ0v) is 14.5. The number of allylic oxidation sites excluding steroid dienone is 3. The molecule has 0 aliphatic carbocycles. The van der Waals surface area contributed by atoms with Gasteiger partial charge in [-0.2, -0.15) is 0 Å². The molecule has 1 atom stereocenters. The lowest BCUT2D eigenvalue weighted by molar-refractivity contribution is 0.269. The number of halogens is 1. The lowest BCUT2D eigenvalue weighted by Crippen LogP contribution is -2.14. The number of aliphatic imine (C=N–C) groups is 1. The van der Waals surface area contributed by atoms with E-state index in [1.165, 1.54) is 0 Å². The van der Waals surface area contributed by atoms with Crippen molar-refractivity contribution >= 4 is 18.6 Å². The Hall–Kier alpha value is -1.58. The fraction of sp³-hybridized carbons (Fsp3) is 0.389. The SMILES string of the molecule is CCN(/C=C/C=C(\C)C=N[C@@H](CO)c1ccccc1)CC.Cl. The maximum atomic E-state index is 9.45. The minimum Gasteiger partial charge on any atom is -0.394 e. The van der Waals surface area contributed by atoms with Crippen LogP contribution in [-0.4, -0.2) is 35.9 Å². The number of hydrogen-bond acceptors (Lipinski definition) is 3. The fourth-order valence-electron chi connectivity index (χ4n) is 1.92. The van der Waals surface area contributed by atoms with Gasteiger partial charge in [0.1, 0.15) is 0 Å². The third-order valence-corrected chi connectivity index (χ3v) is 3.28. The Labute approximate surface area is 140 Å². The highest BCUT2D eigenvalue weighted by atomic mass is 35.5. The van der Waals surface area contributed by atoms with Crippen LogP contribution in [0.2, 0.25) is 0 Å². The highest BCUT2D eigenvalue weighted by Crippen LogP contribution is 2.15. The molecule has 22 heavy (non-hydrogen) atoms. The summed E-state index contributed by atoms with van der Waals surface area (Å²) < 4.78 is 0. The average Bonchev–Trinajstić information content (AvgIpc) is 2.53. The third-order valence-electron chi connectivity index (χ3n) is 3.28. The van der Waals surface area contributed by atoms with E-state index in [-0.39, 0.29) is 25.1 Å². The molecule has 1 N–H and O–H groups in total. The Bertz CT molecular complexity index is 479. The molecular formula is C18H27ClN2O. The van der Waals surface area contributed by atoms with Crippen molar-refractivity contribution in [2.24, 2.45) is 4.99 Å². The monoisotopic (exact) mass is 322 g/mol. The van der Waals surface area contributed by atoms with E-state index in [9.17, 15) is 5.11 Å². The smallest absolute Gasteiger partial charge is 0.0979 e. The number of aliphatic hydroxyl groups excluding tert-OH is 1. The van der Waals surface area contributed by atoms with Crippen molar-refractivity contribution in [1.29, 1.82) is 0 Å².